The van der Waals surface area contributed by atoms with Crippen LogP contribution in [0.15, 0.2) is 34.4 Å². The van der Waals surface area contributed by atoms with Crippen LogP contribution < -0.4 is 4.74 Å². The smallest absolute Gasteiger partial charge is 0.270 e. The van der Waals surface area contributed by atoms with Gasteiger partial charge in [-0.05, 0) is 11.5 Å². The van der Waals surface area contributed by atoms with Crippen LogP contribution in [0.2, 0.25) is 0 Å². The van der Waals surface area contributed by atoms with Crippen molar-refractivity contribution in [3.63, 3.8) is 0 Å². The van der Waals surface area contributed by atoms with Crippen molar-refractivity contribution >= 4 is 27.8 Å². The van der Waals surface area contributed by atoms with Crippen molar-refractivity contribution in [1.82, 2.24) is 0 Å². The van der Waals surface area contributed by atoms with E-state index in [0.717, 1.165) is 16.7 Å². The fourth-order valence-electron chi connectivity index (χ4n) is 1.27. The zero-order valence-corrected chi connectivity index (χ0v) is 7.78. The molecule has 0 aliphatic carbocycles. The molecule has 0 spiro atoms. The van der Waals surface area contributed by atoms with Crippen LogP contribution in [0.4, 0.5) is 5.69 Å². The molecule has 0 bridgehead atoms. The molecule has 0 amide bonds. The first-order chi connectivity index (χ1) is 6.70. The third-order valence-corrected chi connectivity index (χ3v) is 2.66. The van der Waals surface area contributed by atoms with Crippen LogP contribution in [-0.4, -0.2) is 4.92 Å². The highest BCUT2D eigenvalue weighted by atomic mass is 32.1. The zero-order valence-electron chi connectivity index (χ0n) is 6.97. The molecule has 1 aromatic carbocycles. The minimum atomic E-state index is -0.624. The molecule has 70 valence electrons. The van der Waals surface area contributed by atoms with Crippen LogP contribution in [0.3, 0.4) is 0 Å². The highest BCUT2D eigenvalue weighted by molar-refractivity contribution is 7.08. The summed E-state index contributed by atoms with van der Waals surface area (Å²) in [5, 5.41) is 13.4. The van der Waals surface area contributed by atoms with Gasteiger partial charge in [0.05, 0.1) is 10.3 Å². The van der Waals surface area contributed by atoms with Crippen LogP contribution in [-0.2, 0) is 0 Å². The van der Waals surface area contributed by atoms with Gasteiger partial charge >= 0.3 is 10.4 Å². The summed E-state index contributed by atoms with van der Waals surface area (Å²) in [5.41, 5.74) is -0.326. The highest BCUT2D eigenvalue weighted by Crippen LogP contribution is 2.22. The normalized spacial score (nSPS) is 10.3. The molecule has 0 fully saturated rings. The van der Waals surface area contributed by atoms with Crippen molar-refractivity contribution < 1.29 is 4.92 Å². The third kappa shape index (κ3) is 1.27. The Morgan fingerprint density at radius 2 is 2.00 bits per heavy atom. The topological polar surface area (TPSA) is 60.2 Å². The number of rotatable bonds is 1. The Labute approximate surface area is 82.6 Å². The van der Waals surface area contributed by atoms with E-state index >= 15 is 0 Å². The van der Waals surface area contributed by atoms with Gasteiger partial charge in [0, 0.05) is 5.38 Å². The first-order valence-electron chi connectivity index (χ1n) is 3.85. The Morgan fingerprint density at radius 1 is 1.29 bits per heavy atom. The van der Waals surface area contributed by atoms with Crippen LogP contribution in [0.1, 0.15) is 0 Å². The van der Waals surface area contributed by atoms with Gasteiger partial charge < -0.3 is 0 Å². The van der Waals surface area contributed by atoms with E-state index in [4.69, 9.17) is 0 Å². The second kappa shape index (κ2) is 3.19. The van der Waals surface area contributed by atoms with Crippen LogP contribution in [0.25, 0.3) is 10.8 Å². The van der Waals surface area contributed by atoms with Crippen LogP contribution in [0.5, 0.6) is 0 Å². The monoisotopic (exact) mass is 207 g/mol. The molecule has 2 rings (SSSR count). The molecular formula is C9H5NO3S. The molecule has 5 heteroatoms. The zero-order chi connectivity index (χ0) is 10.1. The minimum Gasteiger partial charge on any atom is -0.270 e. The van der Waals surface area contributed by atoms with E-state index in [1.807, 2.05) is 0 Å². The molecule has 14 heavy (non-hydrogen) atoms. The first kappa shape index (κ1) is 8.83. The number of fused-ring (bicyclic) bond motifs is 1. The summed E-state index contributed by atoms with van der Waals surface area (Å²) in [6.45, 7) is 0. The fourth-order valence-corrected chi connectivity index (χ4v) is 2.01. The first-order valence-corrected chi connectivity index (χ1v) is 4.73. The van der Waals surface area contributed by atoms with Crippen molar-refractivity contribution in [3.8, 4) is 0 Å². The molecular weight excluding hydrogens is 202 g/mol. The lowest BCUT2D eigenvalue weighted by molar-refractivity contribution is -0.383. The molecule has 4 nitrogen and oxygen atoms in total. The molecule has 0 aliphatic rings. The molecule has 1 aromatic heterocycles. The lowest BCUT2D eigenvalue weighted by Gasteiger charge is -1.95. The van der Waals surface area contributed by atoms with Crippen molar-refractivity contribution in [3.05, 3.63) is 49.3 Å². The average Bonchev–Trinajstić information content (AvgIpc) is 2.17. The van der Waals surface area contributed by atoms with Gasteiger partial charge in [0.2, 0.25) is 0 Å². The van der Waals surface area contributed by atoms with E-state index < -0.39 is 9.67 Å². The van der Waals surface area contributed by atoms with Crippen LogP contribution >= 0.6 is 11.3 Å². The van der Waals surface area contributed by atoms with Crippen molar-refractivity contribution in [2.75, 3.05) is 0 Å². The maximum absolute atomic E-state index is 11.3. The summed E-state index contributed by atoms with van der Waals surface area (Å²) in [5.74, 6) is 0. The van der Waals surface area contributed by atoms with Crippen molar-refractivity contribution in [2.45, 2.75) is 0 Å². The Kier molecular flexibility index (Phi) is 2.01. The van der Waals surface area contributed by atoms with Gasteiger partial charge in [0.15, 0.2) is 0 Å². The van der Waals surface area contributed by atoms with Gasteiger partial charge in [-0.25, -0.2) is 0 Å². The third-order valence-electron chi connectivity index (χ3n) is 1.88. The average molecular weight is 207 g/mol. The fraction of sp³-hybridized carbons (Fsp3) is 0. The largest absolute Gasteiger partial charge is 0.334 e. The van der Waals surface area contributed by atoms with Gasteiger partial charge in [0.1, 0.15) is 0 Å². The molecule has 0 saturated heterocycles. The van der Waals surface area contributed by atoms with Crippen molar-refractivity contribution in [2.24, 2.45) is 0 Å². The quantitative estimate of drug-likeness (QED) is 0.531. The SMILES string of the molecule is O=c1scc2ccccc2c1[N+](=O)[O-]. The van der Waals surface area contributed by atoms with E-state index in [2.05, 4.69) is 0 Å². The standard InChI is InChI=1S/C9H5NO3S/c11-9-8(10(12)13)7-4-2-1-3-6(7)5-14-9/h1-5H. The number of nitro groups is 1. The number of hydrogen-bond donors (Lipinski definition) is 0. The maximum atomic E-state index is 11.3. The second-order valence-corrected chi connectivity index (χ2v) is 3.56. The van der Waals surface area contributed by atoms with E-state index in [9.17, 15) is 14.9 Å². The Morgan fingerprint density at radius 3 is 2.71 bits per heavy atom. The number of hydrogen-bond acceptors (Lipinski definition) is 4. The van der Waals surface area contributed by atoms with E-state index in [1.54, 1.807) is 29.6 Å². The van der Waals surface area contributed by atoms with Crippen molar-refractivity contribution in [1.29, 1.82) is 0 Å². The number of nitrogens with zero attached hydrogens (tertiary/aromatic N) is 1. The summed E-state index contributed by atoms with van der Waals surface area (Å²) in [6, 6.07) is 6.79. The van der Waals surface area contributed by atoms with E-state index in [1.165, 1.54) is 0 Å². The second-order valence-electron chi connectivity index (χ2n) is 2.72. The van der Waals surface area contributed by atoms with Gasteiger partial charge in [-0.15, -0.1) is 0 Å². The lowest BCUT2D eigenvalue weighted by Crippen LogP contribution is -2.03. The molecule has 0 unspecified atom stereocenters. The predicted molar refractivity (Wildman–Crippen MR) is 54.7 cm³/mol. The molecule has 0 radical (unpaired) electrons. The Hall–Kier alpha value is -1.75. The van der Waals surface area contributed by atoms with E-state index in [-0.39, 0.29) is 5.69 Å². The molecule has 2 aromatic rings. The summed E-state index contributed by atoms with van der Waals surface area (Å²) >= 11 is 0.855. The Balaban J connectivity index is 2.97. The molecule has 0 N–H and O–H groups in total. The van der Waals surface area contributed by atoms with Gasteiger partial charge in [-0.1, -0.05) is 29.5 Å². The molecule has 1 heterocycles. The summed E-state index contributed by atoms with van der Waals surface area (Å²) in [6.07, 6.45) is 0. The summed E-state index contributed by atoms with van der Waals surface area (Å²) in [4.78, 5) is 21.3. The molecule has 0 atom stereocenters. The predicted octanol–water partition coefficient (Wildman–Crippen LogP) is 2.17. The number of benzene rings is 1. The Bertz CT molecular complexity index is 561. The lowest BCUT2D eigenvalue weighted by atomic mass is 10.2. The highest BCUT2D eigenvalue weighted by Gasteiger charge is 2.16. The summed E-state index contributed by atoms with van der Waals surface area (Å²) in [7, 11) is 0. The van der Waals surface area contributed by atoms with Gasteiger partial charge in [0.25, 0.3) is 0 Å². The molecule has 0 saturated carbocycles. The van der Waals surface area contributed by atoms with E-state index in [0.29, 0.717) is 5.39 Å². The molecule has 0 aliphatic heterocycles. The van der Waals surface area contributed by atoms with Gasteiger partial charge in [-0.3, -0.25) is 14.9 Å². The minimum absolute atomic E-state index is 0.326. The van der Waals surface area contributed by atoms with Crippen LogP contribution in [0, 0.1) is 10.1 Å². The summed E-state index contributed by atoms with van der Waals surface area (Å²) < 4.78 is -0.506. The maximum Gasteiger partial charge on any atom is 0.334 e. The van der Waals surface area contributed by atoms with Gasteiger partial charge in [-0.2, -0.15) is 0 Å².